The Kier molecular flexibility index (Phi) is 3.12. The Labute approximate surface area is 72.8 Å². The van der Waals surface area contributed by atoms with Crippen LogP contribution in [0.3, 0.4) is 0 Å². The van der Waals surface area contributed by atoms with Gasteiger partial charge in [0.25, 0.3) is 0 Å². The monoisotopic (exact) mass is 166 g/mol. The van der Waals surface area contributed by atoms with E-state index in [2.05, 4.69) is 26.0 Å². The van der Waals surface area contributed by atoms with E-state index < -0.39 is 0 Å². The fourth-order valence-corrected chi connectivity index (χ4v) is 2.71. The van der Waals surface area contributed by atoms with Crippen molar-refractivity contribution in [3.63, 3.8) is 0 Å². The van der Waals surface area contributed by atoms with Gasteiger partial charge in [0, 0.05) is 10.2 Å². The lowest BCUT2D eigenvalue weighted by Gasteiger charge is -2.15. The highest BCUT2D eigenvalue weighted by molar-refractivity contribution is 6.24. The van der Waals surface area contributed by atoms with E-state index in [4.69, 9.17) is 0 Å². The first-order valence-corrected chi connectivity index (χ1v) is 5.66. The van der Waals surface area contributed by atoms with Gasteiger partial charge in [-0.3, -0.25) is 0 Å². The van der Waals surface area contributed by atoms with Crippen molar-refractivity contribution in [2.45, 2.75) is 33.1 Å². The second-order valence-corrected chi connectivity index (χ2v) is 4.37. The number of allylic oxidation sites excluding steroid dienone is 4. The molecule has 11 heavy (non-hydrogen) atoms. The standard InChI is InChI=1S/C10H18Si/c1-3-8(4-2)9-6-5-7-10(9)11/h6-8H,3-5H2,1-2,11H3. The van der Waals surface area contributed by atoms with Gasteiger partial charge in [-0.2, -0.15) is 0 Å². The van der Waals surface area contributed by atoms with Crippen molar-refractivity contribution in [3.8, 4) is 0 Å². The molecule has 0 aromatic rings. The maximum absolute atomic E-state index is 2.42. The molecule has 0 nitrogen and oxygen atoms in total. The topological polar surface area (TPSA) is 0 Å². The van der Waals surface area contributed by atoms with Crippen LogP contribution in [0.4, 0.5) is 0 Å². The fourth-order valence-electron chi connectivity index (χ4n) is 1.86. The van der Waals surface area contributed by atoms with Crippen LogP contribution in [-0.2, 0) is 0 Å². The van der Waals surface area contributed by atoms with Crippen LogP contribution >= 0.6 is 0 Å². The van der Waals surface area contributed by atoms with Crippen molar-refractivity contribution in [2.24, 2.45) is 5.92 Å². The van der Waals surface area contributed by atoms with Crippen LogP contribution in [0.25, 0.3) is 0 Å². The van der Waals surface area contributed by atoms with Gasteiger partial charge in [-0.15, -0.1) is 0 Å². The first-order chi connectivity index (χ1) is 5.29. The molecule has 0 fully saturated rings. The lowest BCUT2D eigenvalue weighted by atomic mass is 9.94. The zero-order valence-corrected chi connectivity index (χ0v) is 9.85. The second-order valence-electron chi connectivity index (χ2n) is 3.30. The van der Waals surface area contributed by atoms with Gasteiger partial charge in [-0.1, -0.05) is 36.8 Å². The van der Waals surface area contributed by atoms with E-state index in [1.807, 2.05) is 0 Å². The Bertz CT molecular complexity index is 185. The van der Waals surface area contributed by atoms with Gasteiger partial charge in [0.15, 0.2) is 0 Å². The Balaban J connectivity index is 2.66. The molecule has 0 unspecified atom stereocenters. The van der Waals surface area contributed by atoms with Crippen LogP contribution in [0.5, 0.6) is 0 Å². The van der Waals surface area contributed by atoms with E-state index in [0.717, 1.165) is 5.92 Å². The minimum atomic E-state index is 0.848. The minimum Gasteiger partial charge on any atom is -0.0822 e. The maximum atomic E-state index is 2.42. The average Bonchev–Trinajstić information content (AvgIpc) is 2.40. The molecule has 1 heteroatoms. The third-order valence-electron chi connectivity index (χ3n) is 2.64. The molecule has 0 saturated heterocycles. The first kappa shape index (κ1) is 8.79. The van der Waals surface area contributed by atoms with Crippen LogP contribution in [0.15, 0.2) is 22.9 Å². The van der Waals surface area contributed by atoms with Crippen LogP contribution in [0, 0.1) is 5.92 Å². The quantitative estimate of drug-likeness (QED) is 0.563. The number of hydrogen-bond donors (Lipinski definition) is 0. The average molecular weight is 166 g/mol. The van der Waals surface area contributed by atoms with Crippen molar-refractivity contribution in [1.82, 2.24) is 0 Å². The van der Waals surface area contributed by atoms with Gasteiger partial charge in [0.05, 0.1) is 0 Å². The molecular formula is C10H18Si. The summed E-state index contributed by atoms with van der Waals surface area (Å²) < 4.78 is 0. The van der Waals surface area contributed by atoms with E-state index in [-0.39, 0.29) is 0 Å². The Morgan fingerprint density at radius 1 is 1.36 bits per heavy atom. The molecule has 0 aromatic carbocycles. The molecular weight excluding hydrogens is 148 g/mol. The molecule has 1 aliphatic rings. The van der Waals surface area contributed by atoms with Crippen LogP contribution in [0.2, 0.25) is 0 Å². The van der Waals surface area contributed by atoms with Crippen molar-refractivity contribution >= 4 is 10.2 Å². The van der Waals surface area contributed by atoms with Gasteiger partial charge in [0.2, 0.25) is 0 Å². The van der Waals surface area contributed by atoms with E-state index in [1.54, 1.807) is 10.8 Å². The highest BCUT2D eigenvalue weighted by Gasteiger charge is 2.13. The smallest absolute Gasteiger partial charge is 0.0384 e. The molecule has 0 saturated carbocycles. The molecule has 0 atom stereocenters. The Hall–Kier alpha value is -0.303. The first-order valence-electron chi connectivity index (χ1n) is 4.66. The molecule has 0 bridgehead atoms. The van der Waals surface area contributed by atoms with Crippen LogP contribution < -0.4 is 0 Å². The summed E-state index contributed by atoms with van der Waals surface area (Å²) in [5.41, 5.74) is 1.67. The van der Waals surface area contributed by atoms with Crippen molar-refractivity contribution in [3.05, 3.63) is 22.9 Å². The third-order valence-corrected chi connectivity index (χ3v) is 3.63. The Morgan fingerprint density at radius 3 is 2.36 bits per heavy atom. The summed E-state index contributed by atoms with van der Waals surface area (Å²) in [4.78, 5) is 0. The molecule has 0 aromatic heterocycles. The maximum Gasteiger partial charge on any atom is 0.0384 e. The summed E-state index contributed by atoms with van der Waals surface area (Å²) in [6.45, 7) is 4.59. The molecule has 0 N–H and O–H groups in total. The van der Waals surface area contributed by atoms with Gasteiger partial charge < -0.3 is 0 Å². The molecule has 0 spiro atoms. The summed E-state index contributed by atoms with van der Waals surface area (Å²) in [6, 6.07) is 0. The van der Waals surface area contributed by atoms with Gasteiger partial charge >= 0.3 is 0 Å². The van der Waals surface area contributed by atoms with E-state index >= 15 is 0 Å². The molecule has 0 radical (unpaired) electrons. The SMILES string of the molecule is CCC(CC)C1=CCC=C1[SiH3]. The summed E-state index contributed by atoms with van der Waals surface area (Å²) >= 11 is 0. The van der Waals surface area contributed by atoms with Gasteiger partial charge in [-0.05, 0) is 25.2 Å². The predicted octanol–water partition coefficient (Wildman–Crippen LogP) is 2.00. The molecule has 0 heterocycles. The highest BCUT2D eigenvalue weighted by Crippen LogP contribution is 2.28. The number of hydrogen-bond acceptors (Lipinski definition) is 0. The third kappa shape index (κ3) is 1.83. The number of rotatable bonds is 3. The predicted molar refractivity (Wildman–Crippen MR) is 54.8 cm³/mol. The fraction of sp³-hybridized carbons (Fsp3) is 0.600. The normalized spacial score (nSPS) is 17.4. The molecule has 1 rings (SSSR count). The zero-order chi connectivity index (χ0) is 8.27. The second kappa shape index (κ2) is 3.91. The summed E-state index contributed by atoms with van der Waals surface area (Å²) in [5, 5.41) is 1.65. The van der Waals surface area contributed by atoms with Gasteiger partial charge in [-0.25, -0.2) is 0 Å². The molecule has 0 aliphatic heterocycles. The minimum absolute atomic E-state index is 0.848. The molecule has 62 valence electrons. The molecule has 1 aliphatic carbocycles. The van der Waals surface area contributed by atoms with Crippen LogP contribution in [0.1, 0.15) is 33.1 Å². The summed E-state index contributed by atoms with van der Waals surface area (Å²) in [5.74, 6) is 0.848. The van der Waals surface area contributed by atoms with E-state index in [9.17, 15) is 0 Å². The van der Waals surface area contributed by atoms with E-state index in [1.165, 1.54) is 29.5 Å². The van der Waals surface area contributed by atoms with Crippen molar-refractivity contribution in [1.29, 1.82) is 0 Å². The van der Waals surface area contributed by atoms with Crippen molar-refractivity contribution < 1.29 is 0 Å². The highest BCUT2D eigenvalue weighted by atomic mass is 28.1. The Morgan fingerprint density at radius 2 is 2.00 bits per heavy atom. The van der Waals surface area contributed by atoms with Crippen LogP contribution in [-0.4, -0.2) is 10.2 Å². The molecule has 0 amide bonds. The zero-order valence-electron chi connectivity index (χ0n) is 7.85. The largest absolute Gasteiger partial charge is 0.0822 e. The van der Waals surface area contributed by atoms with Crippen molar-refractivity contribution in [2.75, 3.05) is 0 Å². The summed E-state index contributed by atoms with van der Waals surface area (Å²) in [6.07, 6.45) is 8.62. The van der Waals surface area contributed by atoms with Gasteiger partial charge in [0.1, 0.15) is 0 Å². The lowest BCUT2D eigenvalue weighted by molar-refractivity contribution is 0.582. The lowest BCUT2D eigenvalue weighted by Crippen LogP contribution is -2.02. The van der Waals surface area contributed by atoms with E-state index in [0.29, 0.717) is 0 Å². The summed E-state index contributed by atoms with van der Waals surface area (Å²) in [7, 11) is 1.24.